The number of thiophene rings is 1. The summed E-state index contributed by atoms with van der Waals surface area (Å²) in [4.78, 5) is 32.4. The van der Waals surface area contributed by atoms with Crippen molar-refractivity contribution in [2.75, 3.05) is 5.32 Å². The Balaban J connectivity index is 1.67. The number of aromatic nitrogens is 5. The fraction of sp³-hybridized carbons (Fsp3) is 0.0588. The minimum absolute atomic E-state index is 0.130. The molecule has 1 amide bonds. The molecule has 0 unspecified atom stereocenters. The lowest BCUT2D eigenvalue weighted by Gasteiger charge is -2.08. The SMILES string of the molecule is O=C(Nc1nc(-c2ccccn2)nc2sccc12)c1cnc(C(F)(F)F)nc1. The Morgan fingerprint density at radius 1 is 1.04 bits per heavy atom. The first kappa shape index (κ1) is 17.9. The van der Waals surface area contributed by atoms with E-state index in [9.17, 15) is 18.0 Å². The van der Waals surface area contributed by atoms with Crippen LogP contribution in [0.2, 0.25) is 0 Å². The highest BCUT2D eigenvalue weighted by molar-refractivity contribution is 7.16. The molecule has 0 aromatic carbocycles. The van der Waals surface area contributed by atoms with Gasteiger partial charge in [-0.3, -0.25) is 9.78 Å². The average Bonchev–Trinajstić information content (AvgIpc) is 3.17. The van der Waals surface area contributed by atoms with Crippen molar-refractivity contribution in [1.29, 1.82) is 0 Å². The number of nitrogens with zero attached hydrogens (tertiary/aromatic N) is 5. The van der Waals surface area contributed by atoms with Crippen LogP contribution in [-0.2, 0) is 6.18 Å². The molecule has 4 aromatic rings. The number of pyridine rings is 1. The van der Waals surface area contributed by atoms with Crippen LogP contribution in [0.1, 0.15) is 16.2 Å². The maximum atomic E-state index is 12.6. The highest BCUT2D eigenvalue weighted by Crippen LogP contribution is 2.28. The first-order valence-corrected chi connectivity index (χ1v) is 8.67. The lowest BCUT2D eigenvalue weighted by Crippen LogP contribution is -2.17. The van der Waals surface area contributed by atoms with E-state index < -0.39 is 17.9 Å². The number of amides is 1. The summed E-state index contributed by atoms with van der Waals surface area (Å²) < 4.78 is 37.7. The molecule has 0 fully saturated rings. The third-order valence-electron chi connectivity index (χ3n) is 3.62. The fourth-order valence-electron chi connectivity index (χ4n) is 2.33. The highest BCUT2D eigenvalue weighted by Gasteiger charge is 2.34. The first-order valence-electron chi connectivity index (χ1n) is 7.79. The quantitative estimate of drug-likeness (QED) is 0.560. The van der Waals surface area contributed by atoms with Gasteiger partial charge in [0, 0.05) is 18.6 Å². The Labute approximate surface area is 159 Å². The Morgan fingerprint density at radius 3 is 2.50 bits per heavy atom. The van der Waals surface area contributed by atoms with Crippen LogP contribution in [0.25, 0.3) is 21.7 Å². The van der Waals surface area contributed by atoms with Gasteiger partial charge in [-0.2, -0.15) is 13.2 Å². The van der Waals surface area contributed by atoms with Crippen molar-refractivity contribution in [3.8, 4) is 11.5 Å². The van der Waals surface area contributed by atoms with E-state index in [1.54, 1.807) is 35.8 Å². The number of anilines is 1. The van der Waals surface area contributed by atoms with E-state index in [2.05, 4.69) is 30.2 Å². The lowest BCUT2D eigenvalue weighted by atomic mass is 10.3. The second-order valence-corrected chi connectivity index (χ2v) is 6.39. The number of alkyl halides is 3. The van der Waals surface area contributed by atoms with Crippen LogP contribution in [-0.4, -0.2) is 30.8 Å². The van der Waals surface area contributed by atoms with Gasteiger partial charge in [0.05, 0.1) is 10.9 Å². The molecule has 4 rings (SSSR count). The van der Waals surface area contributed by atoms with E-state index in [4.69, 9.17) is 0 Å². The normalized spacial score (nSPS) is 11.5. The second kappa shape index (κ2) is 6.93. The minimum atomic E-state index is -4.68. The van der Waals surface area contributed by atoms with Crippen LogP contribution >= 0.6 is 11.3 Å². The molecule has 0 spiro atoms. The number of carbonyl (C=O) groups excluding carboxylic acids is 1. The Bertz CT molecular complexity index is 1150. The smallest absolute Gasteiger partial charge is 0.306 e. The Kier molecular flexibility index (Phi) is 4.43. The van der Waals surface area contributed by atoms with Gasteiger partial charge >= 0.3 is 6.18 Å². The second-order valence-electron chi connectivity index (χ2n) is 5.50. The number of hydrogen-bond acceptors (Lipinski definition) is 7. The van der Waals surface area contributed by atoms with E-state index in [1.165, 1.54) is 11.3 Å². The van der Waals surface area contributed by atoms with Crippen molar-refractivity contribution in [1.82, 2.24) is 24.9 Å². The molecular formula is C17H9F3N6OS. The molecule has 4 aromatic heterocycles. The van der Waals surface area contributed by atoms with Crippen LogP contribution in [0.15, 0.2) is 48.2 Å². The van der Waals surface area contributed by atoms with E-state index in [-0.39, 0.29) is 11.4 Å². The summed E-state index contributed by atoms with van der Waals surface area (Å²) in [6.07, 6.45) is -1.45. The van der Waals surface area contributed by atoms with Crippen LogP contribution in [0, 0.1) is 0 Å². The number of halogens is 3. The summed E-state index contributed by atoms with van der Waals surface area (Å²) in [5, 5.41) is 4.98. The highest BCUT2D eigenvalue weighted by atomic mass is 32.1. The summed E-state index contributed by atoms with van der Waals surface area (Å²) in [5.74, 6) is -1.47. The fourth-order valence-corrected chi connectivity index (χ4v) is 3.10. The third kappa shape index (κ3) is 3.51. The Hall–Kier alpha value is -3.47. The van der Waals surface area contributed by atoms with E-state index in [0.717, 1.165) is 12.4 Å². The number of hydrogen-bond donors (Lipinski definition) is 1. The molecule has 0 aliphatic carbocycles. The monoisotopic (exact) mass is 402 g/mol. The van der Waals surface area contributed by atoms with E-state index >= 15 is 0 Å². The topological polar surface area (TPSA) is 93.6 Å². The van der Waals surface area contributed by atoms with Crippen molar-refractivity contribution in [2.24, 2.45) is 0 Å². The first-order chi connectivity index (χ1) is 13.4. The van der Waals surface area contributed by atoms with Crippen LogP contribution in [0.4, 0.5) is 19.0 Å². The molecular weight excluding hydrogens is 393 g/mol. The molecule has 28 heavy (non-hydrogen) atoms. The standard InChI is InChI=1S/C17H9F3N6OS/c18-17(19,20)16-22-7-9(8-23-16)14(27)25-12-10-4-6-28-15(10)26-13(24-12)11-3-1-2-5-21-11/h1-8H,(H,24,25,26,27). The molecule has 1 N–H and O–H groups in total. The van der Waals surface area contributed by atoms with Crippen molar-refractivity contribution in [3.05, 3.63) is 59.6 Å². The maximum absolute atomic E-state index is 12.6. The molecule has 7 nitrogen and oxygen atoms in total. The largest absolute Gasteiger partial charge is 0.451 e. The molecule has 140 valence electrons. The summed E-state index contributed by atoms with van der Waals surface area (Å²) in [6.45, 7) is 0. The van der Waals surface area contributed by atoms with Gasteiger partial charge in [-0.15, -0.1) is 11.3 Å². The molecule has 0 atom stereocenters. The van der Waals surface area contributed by atoms with Gasteiger partial charge in [-0.1, -0.05) is 6.07 Å². The van der Waals surface area contributed by atoms with Crippen molar-refractivity contribution in [3.63, 3.8) is 0 Å². The van der Waals surface area contributed by atoms with Gasteiger partial charge < -0.3 is 5.32 Å². The zero-order chi connectivity index (χ0) is 19.7. The van der Waals surface area contributed by atoms with Gasteiger partial charge in [0.25, 0.3) is 5.91 Å². The van der Waals surface area contributed by atoms with Gasteiger partial charge in [-0.25, -0.2) is 19.9 Å². The number of rotatable bonds is 3. The predicted molar refractivity (Wildman–Crippen MR) is 95.6 cm³/mol. The van der Waals surface area contributed by atoms with Gasteiger partial charge in [-0.05, 0) is 23.6 Å². The molecule has 0 saturated heterocycles. The van der Waals surface area contributed by atoms with Crippen molar-refractivity contribution in [2.45, 2.75) is 6.18 Å². The summed E-state index contributed by atoms with van der Waals surface area (Å²) in [7, 11) is 0. The van der Waals surface area contributed by atoms with Gasteiger partial charge in [0.1, 0.15) is 16.3 Å². The van der Waals surface area contributed by atoms with Crippen molar-refractivity contribution >= 4 is 33.3 Å². The van der Waals surface area contributed by atoms with Crippen LogP contribution in [0.3, 0.4) is 0 Å². The van der Waals surface area contributed by atoms with Gasteiger partial charge in [0.15, 0.2) is 5.82 Å². The lowest BCUT2D eigenvalue weighted by molar-refractivity contribution is -0.145. The maximum Gasteiger partial charge on any atom is 0.451 e. The molecule has 0 saturated carbocycles. The molecule has 0 radical (unpaired) electrons. The molecule has 0 aliphatic heterocycles. The zero-order valence-electron chi connectivity index (χ0n) is 13.8. The number of carbonyl (C=O) groups is 1. The predicted octanol–water partition coefficient (Wildman–Crippen LogP) is 3.81. The zero-order valence-corrected chi connectivity index (χ0v) is 14.6. The number of fused-ring (bicyclic) bond motifs is 1. The molecule has 11 heteroatoms. The Morgan fingerprint density at radius 2 is 1.82 bits per heavy atom. The minimum Gasteiger partial charge on any atom is -0.306 e. The summed E-state index contributed by atoms with van der Waals surface area (Å²) in [6, 6.07) is 6.99. The average molecular weight is 402 g/mol. The molecule has 0 bridgehead atoms. The van der Waals surface area contributed by atoms with Crippen molar-refractivity contribution < 1.29 is 18.0 Å². The van der Waals surface area contributed by atoms with Crippen LogP contribution < -0.4 is 5.32 Å². The summed E-state index contributed by atoms with van der Waals surface area (Å²) in [5.41, 5.74) is 0.389. The third-order valence-corrected chi connectivity index (χ3v) is 4.43. The van der Waals surface area contributed by atoms with E-state index in [1.807, 2.05) is 0 Å². The number of nitrogens with one attached hydrogen (secondary N) is 1. The molecule has 4 heterocycles. The summed E-state index contributed by atoms with van der Waals surface area (Å²) >= 11 is 1.36. The molecule has 0 aliphatic rings. The van der Waals surface area contributed by atoms with Gasteiger partial charge in [0.2, 0.25) is 5.82 Å². The van der Waals surface area contributed by atoms with Crippen LogP contribution in [0.5, 0.6) is 0 Å². The van der Waals surface area contributed by atoms with E-state index in [0.29, 0.717) is 21.7 Å².